The standard InChI is InChI=1S/C8H15F3N6/c1-7(2,3)16-17-4(8(9,10)11)14-5(12)15-6(17)13/h6,16H,13H2,1-3H3,(H2,12,15). The highest BCUT2D eigenvalue weighted by molar-refractivity contribution is 5.99. The Morgan fingerprint density at radius 2 is 1.82 bits per heavy atom. The third-order valence-corrected chi connectivity index (χ3v) is 1.69. The van der Waals surface area contributed by atoms with Crippen LogP contribution in [0.2, 0.25) is 0 Å². The number of rotatable bonds is 1. The third-order valence-electron chi connectivity index (χ3n) is 1.69. The molecular formula is C8H15F3N6. The van der Waals surface area contributed by atoms with Crippen molar-refractivity contribution in [1.29, 1.82) is 0 Å². The molecule has 0 bridgehead atoms. The molecule has 0 saturated heterocycles. The van der Waals surface area contributed by atoms with E-state index in [0.29, 0.717) is 5.01 Å². The monoisotopic (exact) mass is 252 g/mol. The smallest absolute Gasteiger partial charge is 0.368 e. The number of nitrogens with two attached hydrogens (primary N) is 2. The van der Waals surface area contributed by atoms with Gasteiger partial charge in [-0.3, -0.25) is 5.73 Å². The fourth-order valence-electron chi connectivity index (χ4n) is 1.19. The van der Waals surface area contributed by atoms with E-state index in [1.165, 1.54) is 0 Å². The van der Waals surface area contributed by atoms with Crippen molar-refractivity contribution >= 4 is 11.8 Å². The molecule has 1 aliphatic rings. The van der Waals surface area contributed by atoms with E-state index in [1.807, 2.05) is 0 Å². The molecular weight excluding hydrogens is 237 g/mol. The minimum absolute atomic E-state index is 0.489. The first kappa shape index (κ1) is 13.7. The van der Waals surface area contributed by atoms with Gasteiger partial charge in [0.1, 0.15) is 0 Å². The van der Waals surface area contributed by atoms with Crippen LogP contribution in [0.4, 0.5) is 13.2 Å². The summed E-state index contributed by atoms with van der Waals surface area (Å²) < 4.78 is 38.2. The van der Waals surface area contributed by atoms with Gasteiger partial charge in [-0.1, -0.05) is 0 Å². The Kier molecular flexibility index (Phi) is 3.35. The van der Waals surface area contributed by atoms with Gasteiger partial charge < -0.3 is 5.73 Å². The van der Waals surface area contributed by atoms with E-state index in [9.17, 15) is 13.2 Å². The lowest BCUT2D eigenvalue weighted by molar-refractivity contribution is -0.0761. The Morgan fingerprint density at radius 1 is 1.29 bits per heavy atom. The summed E-state index contributed by atoms with van der Waals surface area (Å²) in [6, 6.07) is 0. The van der Waals surface area contributed by atoms with Crippen molar-refractivity contribution in [2.75, 3.05) is 0 Å². The molecule has 0 aromatic rings. The van der Waals surface area contributed by atoms with Gasteiger partial charge in [-0.15, -0.1) is 0 Å². The number of nitrogens with zero attached hydrogens (tertiary/aromatic N) is 3. The van der Waals surface area contributed by atoms with E-state index >= 15 is 0 Å². The van der Waals surface area contributed by atoms with Gasteiger partial charge in [0.15, 0.2) is 6.29 Å². The first-order valence-corrected chi connectivity index (χ1v) is 4.82. The number of alkyl halides is 3. The maximum absolute atomic E-state index is 12.7. The zero-order chi connectivity index (χ0) is 13.4. The molecule has 1 heterocycles. The number of hydrazine groups is 1. The first-order valence-electron chi connectivity index (χ1n) is 4.82. The minimum atomic E-state index is -4.66. The number of guanidine groups is 1. The number of amidine groups is 1. The SMILES string of the molecule is CC(C)(C)NN1C(C(F)(F)F)=NC(N)=NC1N. The molecule has 0 amide bonds. The van der Waals surface area contributed by atoms with Crippen LogP contribution in [0.25, 0.3) is 0 Å². The highest BCUT2D eigenvalue weighted by Crippen LogP contribution is 2.22. The van der Waals surface area contributed by atoms with E-state index in [-0.39, 0.29) is 0 Å². The molecule has 0 aromatic carbocycles. The van der Waals surface area contributed by atoms with E-state index in [1.54, 1.807) is 20.8 Å². The van der Waals surface area contributed by atoms with Crippen molar-refractivity contribution < 1.29 is 13.2 Å². The van der Waals surface area contributed by atoms with Crippen molar-refractivity contribution in [2.24, 2.45) is 21.5 Å². The zero-order valence-corrected chi connectivity index (χ0v) is 9.71. The second kappa shape index (κ2) is 4.15. The van der Waals surface area contributed by atoms with Crippen molar-refractivity contribution in [3.63, 3.8) is 0 Å². The van der Waals surface area contributed by atoms with Crippen molar-refractivity contribution in [3.05, 3.63) is 0 Å². The highest BCUT2D eigenvalue weighted by atomic mass is 19.4. The summed E-state index contributed by atoms with van der Waals surface area (Å²) in [5, 5.41) is 0.663. The molecule has 1 atom stereocenters. The molecule has 98 valence electrons. The molecule has 9 heteroatoms. The van der Waals surface area contributed by atoms with Gasteiger partial charge in [-0.2, -0.15) is 18.2 Å². The Labute approximate surface area is 96.5 Å². The largest absolute Gasteiger partial charge is 0.450 e. The van der Waals surface area contributed by atoms with E-state index in [4.69, 9.17) is 11.5 Å². The summed E-state index contributed by atoms with van der Waals surface area (Å²) in [4.78, 5) is 6.73. The average molecular weight is 252 g/mol. The Hall–Kier alpha value is -1.35. The number of aliphatic imine (C=N–C) groups is 2. The van der Waals surface area contributed by atoms with Crippen LogP contribution in [0.15, 0.2) is 9.98 Å². The minimum Gasteiger partial charge on any atom is -0.368 e. The van der Waals surface area contributed by atoms with Gasteiger partial charge >= 0.3 is 6.18 Å². The number of hydrogen-bond acceptors (Lipinski definition) is 6. The molecule has 1 aliphatic heterocycles. The maximum Gasteiger partial charge on any atom is 0.450 e. The number of halogens is 3. The summed E-state index contributed by atoms with van der Waals surface area (Å²) in [6.45, 7) is 5.07. The topological polar surface area (TPSA) is 92.0 Å². The fourth-order valence-corrected chi connectivity index (χ4v) is 1.19. The number of nitrogens with one attached hydrogen (secondary N) is 1. The molecule has 0 radical (unpaired) electrons. The normalized spacial score (nSPS) is 22.3. The first-order chi connectivity index (χ1) is 7.50. The van der Waals surface area contributed by atoms with Crippen LogP contribution in [0.1, 0.15) is 20.8 Å². The molecule has 0 spiro atoms. The summed E-state index contributed by atoms with van der Waals surface area (Å²) in [7, 11) is 0. The lowest BCUT2D eigenvalue weighted by Crippen LogP contribution is -2.63. The third kappa shape index (κ3) is 3.56. The Balaban J connectivity index is 3.06. The molecule has 5 N–H and O–H groups in total. The van der Waals surface area contributed by atoms with Crippen LogP contribution >= 0.6 is 0 Å². The second-order valence-electron chi connectivity index (χ2n) is 4.57. The average Bonchev–Trinajstić information content (AvgIpc) is 2.05. The highest BCUT2D eigenvalue weighted by Gasteiger charge is 2.44. The van der Waals surface area contributed by atoms with Gasteiger partial charge in [0.25, 0.3) is 0 Å². The predicted molar refractivity (Wildman–Crippen MR) is 57.8 cm³/mol. The molecule has 1 unspecified atom stereocenters. The zero-order valence-electron chi connectivity index (χ0n) is 9.71. The summed E-state index contributed by atoms with van der Waals surface area (Å²) in [5.41, 5.74) is 12.6. The quantitative estimate of drug-likeness (QED) is 0.618. The van der Waals surface area contributed by atoms with Crippen LogP contribution in [-0.4, -0.2) is 34.8 Å². The fraction of sp³-hybridized carbons (Fsp3) is 0.750. The number of hydrogen-bond donors (Lipinski definition) is 3. The van der Waals surface area contributed by atoms with Crippen molar-refractivity contribution in [1.82, 2.24) is 10.4 Å². The lowest BCUT2D eigenvalue weighted by Gasteiger charge is -2.37. The van der Waals surface area contributed by atoms with E-state index in [0.717, 1.165) is 0 Å². The van der Waals surface area contributed by atoms with E-state index < -0.39 is 29.8 Å². The Morgan fingerprint density at radius 3 is 2.24 bits per heavy atom. The lowest BCUT2D eigenvalue weighted by atomic mass is 10.1. The summed E-state index contributed by atoms with van der Waals surface area (Å²) in [6.07, 6.45) is -5.92. The molecule has 0 saturated carbocycles. The van der Waals surface area contributed by atoms with Gasteiger partial charge in [0, 0.05) is 5.54 Å². The molecule has 0 fully saturated rings. The van der Waals surface area contributed by atoms with Gasteiger partial charge in [0.2, 0.25) is 11.8 Å². The van der Waals surface area contributed by atoms with Crippen molar-refractivity contribution in [3.8, 4) is 0 Å². The molecule has 0 aliphatic carbocycles. The summed E-state index contributed by atoms with van der Waals surface area (Å²) in [5.74, 6) is -1.69. The van der Waals surface area contributed by atoms with Crippen LogP contribution < -0.4 is 16.9 Å². The van der Waals surface area contributed by atoms with Crippen LogP contribution in [0.3, 0.4) is 0 Å². The van der Waals surface area contributed by atoms with Crippen molar-refractivity contribution in [2.45, 2.75) is 38.8 Å². The van der Waals surface area contributed by atoms with Gasteiger partial charge in [0.05, 0.1) is 0 Å². The molecule has 1 rings (SSSR count). The molecule has 0 aromatic heterocycles. The van der Waals surface area contributed by atoms with Gasteiger partial charge in [-0.25, -0.2) is 15.4 Å². The van der Waals surface area contributed by atoms with Crippen LogP contribution in [0, 0.1) is 0 Å². The summed E-state index contributed by atoms with van der Waals surface area (Å²) >= 11 is 0. The molecule has 17 heavy (non-hydrogen) atoms. The van der Waals surface area contributed by atoms with Crippen LogP contribution in [-0.2, 0) is 0 Å². The van der Waals surface area contributed by atoms with E-state index in [2.05, 4.69) is 15.4 Å². The van der Waals surface area contributed by atoms with Gasteiger partial charge in [-0.05, 0) is 20.8 Å². The second-order valence-corrected chi connectivity index (χ2v) is 4.57. The predicted octanol–water partition coefficient (Wildman–Crippen LogP) is 0.123. The maximum atomic E-state index is 12.7. The molecule has 6 nitrogen and oxygen atoms in total. The Bertz CT molecular complexity index is 353. The van der Waals surface area contributed by atoms with Crippen LogP contribution in [0.5, 0.6) is 0 Å².